The third kappa shape index (κ3) is 2.95. The number of pyridine rings is 1. The van der Waals surface area contributed by atoms with Crippen LogP contribution in [-0.2, 0) is 0 Å². The second-order valence-electron chi connectivity index (χ2n) is 7.10. The number of aromatic nitrogens is 4. The van der Waals surface area contributed by atoms with Gasteiger partial charge in [-0.05, 0) is 36.4 Å². The van der Waals surface area contributed by atoms with Crippen molar-refractivity contribution in [2.75, 3.05) is 0 Å². The number of ether oxygens (including phenoxy) is 1. The lowest BCUT2D eigenvalue weighted by Crippen LogP contribution is -2.51. The van der Waals surface area contributed by atoms with Crippen LogP contribution in [0.4, 0.5) is 4.39 Å². The van der Waals surface area contributed by atoms with Gasteiger partial charge in [0.2, 0.25) is 0 Å². The minimum Gasteiger partial charge on any atom is -0.507 e. The van der Waals surface area contributed by atoms with Crippen LogP contribution in [0.15, 0.2) is 36.8 Å². The summed E-state index contributed by atoms with van der Waals surface area (Å²) in [6, 6.07) is 5.48. The summed E-state index contributed by atoms with van der Waals surface area (Å²) in [5, 5.41) is 23.4. The number of hydrogen-bond donors (Lipinski definition) is 2. The monoisotopic (exact) mass is 367 g/mol. The fourth-order valence-electron chi connectivity index (χ4n) is 3.98. The molecule has 1 aromatic carbocycles. The average Bonchev–Trinajstić information content (AvgIpc) is 3.10. The number of alkyl halides is 1. The maximum absolute atomic E-state index is 14.5. The van der Waals surface area contributed by atoms with Crippen LogP contribution < -0.4 is 10.1 Å². The number of aromatic hydroxyl groups is 1. The number of benzene rings is 1. The maximum atomic E-state index is 14.5. The molecule has 138 valence electrons. The van der Waals surface area contributed by atoms with E-state index in [2.05, 4.69) is 25.5 Å². The zero-order valence-electron chi connectivity index (χ0n) is 14.4. The molecule has 2 N–H and O–H groups in total. The summed E-state index contributed by atoms with van der Waals surface area (Å²) in [5.41, 5.74) is 0.935. The van der Waals surface area contributed by atoms with Gasteiger partial charge in [-0.3, -0.25) is 4.98 Å². The van der Waals surface area contributed by atoms with Crippen LogP contribution in [0.5, 0.6) is 11.8 Å². The van der Waals surface area contributed by atoms with Gasteiger partial charge >= 0.3 is 6.01 Å². The van der Waals surface area contributed by atoms with Crippen LogP contribution in [0.25, 0.3) is 22.0 Å². The molecule has 2 aliphatic rings. The first-order valence-corrected chi connectivity index (χ1v) is 9.01. The van der Waals surface area contributed by atoms with Gasteiger partial charge < -0.3 is 15.2 Å². The summed E-state index contributed by atoms with van der Waals surface area (Å²) in [7, 11) is 0. The van der Waals surface area contributed by atoms with Crippen molar-refractivity contribution in [2.45, 2.75) is 43.6 Å². The number of fused-ring (bicyclic) bond motifs is 3. The summed E-state index contributed by atoms with van der Waals surface area (Å²) in [5.74, 6) is 0.0685. The molecule has 0 amide bonds. The van der Waals surface area contributed by atoms with Crippen molar-refractivity contribution in [3.05, 3.63) is 36.8 Å². The van der Waals surface area contributed by atoms with Gasteiger partial charge in [0.25, 0.3) is 0 Å². The second kappa shape index (κ2) is 6.38. The average molecular weight is 367 g/mol. The Labute approximate surface area is 154 Å². The maximum Gasteiger partial charge on any atom is 0.336 e. The molecule has 0 spiro atoms. The van der Waals surface area contributed by atoms with Gasteiger partial charge in [0.15, 0.2) is 6.17 Å². The van der Waals surface area contributed by atoms with Crippen molar-refractivity contribution in [3.8, 4) is 23.0 Å². The lowest BCUT2D eigenvalue weighted by molar-refractivity contribution is 0.0386. The number of phenols is 1. The number of halogens is 1. The molecule has 0 aliphatic carbocycles. The van der Waals surface area contributed by atoms with Gasteiger partial charge in [-0.25, -0.2) is 9.37 Å². The summed E-state index contributed by atoms with van der Waals surface area (Å²) < 4.78 is 20.1. The minimum atomic E-state index is -1.08. The normalized spacial score (nSPS) is 27.0. The SMILES string of the molecule is Oc1cc2cnccc2cc1-c1cnc(O[C@H]2C[C@@H]3CC[C@@H](N3)[C@H]2F)nn1. The fourth-order valence-corrected chi connectivity index (χ4v) is 3.98. The summed E-state index contributed by atoms with van der Waals surface area (Å²) in [6.45, 7) is 0. The zero-order chi connectivity index (χ0) is 18.4. The highest BCUT2D eigenvalue weighted by Crippen LogP contribution is 2.33. The molecule has 0 unspecified atom stereocenters. The number of hydrogen-bond acceptors (Lipinski definition) is 7. The van der Waals surface area contributed by atoms with Crippen molar-refractivity contribution in [3.63, 3.8) is 0 Å². The molecular formula is C19H18FN5O2. The highest BCUT2D eigenvalue weighted by molar-refractivity contribution is 5.89. The summed E-state index contributed by atoms with van der Waals surface area (Å²) >= 11 is 0. The van der Waals surface area contributed by atoms with Gasteiger partial charge in [0, 0.05) is 41.8 Å². The molecule has 0 saturated carbocycles. The highest BCUT2D eigenvalue weighted by atomic mass is 19.1. The van der Waals surface area contributed by atoms with Gasteiger partial charge in [-0.2, -0.15) is 0 Å². The van der Waals surface area contributed by atoms with Crippen molar-refractivity contribution in [2.24, 2.45) is 0 Å². The zero-order valence-corrected chi connectivity index (χ0v) is 14.4. The quantitative estimate of drug-likeness (QED) is 0.734. The standard InChI is InChI=1S/C19H18FN5O2/c20-18-14-2-1-12(23-14)7-17(18)27-19-22-9-15(24-25-19)13-5-10-3-4-21-8-11(10)6-16(13)26/h3-6,8-9,12,14,17-18,23,26H,1-2,7H2/t12-,14+,17-,18+/m0/s1. The van der Waals surface area contributed by atoms with E-state index in [1.807, 2.05) is 6.07 Å². The Bertz CT molecular complexity index is 984. The molecule has 2 aliphatic heterocycles. The molecular weight excluding hydrogens is 349 g/mol. The molecule has 5 rings (SSSR count). The molecule has 8 heteroatoms. The Kier molecular flexibility index (Phi) is 3.86. The Morgan fingerprint density at radius 1 is 1.15 bits per heavy atom. The third-order valence-electron chi connectivity index (χ3n) is 5.36. The number of rotatable bonds is 3. The Morgan fingerprint density at radius 3 is 2.93 bits per heavy atom. The molecule has 2 bridgehead atoms. The molecule has 0 radical (unpaired) electrons. The van der Waals surface area contributed by atoms with E-state index in [9.17, 15) is 9.50 Å². The lowest BCUT2D eigenvalue weighted by atomic mass is 10.0. The van der Waals surface area contributed by atoms with E-state index in [4.69, 9.17) is 4.74 Å². The van der Waals surface area contributed by atoms with E-state index in [1.165, 1.54) is 6.20 Å². The fraction of sp³-hybridized carbons (Fsp3) is 0.368. The van der Waals surface area contributed by atoms with Crippen LogP contribution in [-0.4, -0.2) is 49.6 Å². The Balaban J connectivity index is 1.38. The van der Waals surface area contributed by atoms with Crippen LogP contribution in [0.1, 0.15) is 19.3 Å². The molecule has 2 saturated heterocycles. The predicted octanol–water partition coefficient (Wildman–Crippen LogP) is 2.40. The van der Waals surface area contributed by atoms with Gasteiger partial charge in [-0.1, -0.05) is 5.10 Å². The van der Waals surface area contributed by atoms with E-state index in [0.29, 0.717) is 23.7 Å². The van der Waals surface area contributed by atoms with Crippen LogP contribution in [0.2, 0.25) is 0 Å². The Hall–Kier alpha value is -2.87. The van der Waals surface area contributed by atoms with Crippen LogP contribution >= 0.6 is 0 Å². The number of piperidine rings is 1. The number of nitrogens with zero attached hydrogens (tertiary/aromatic N) is 4. The first-order chi connectivity index (χ1) is 13.2. The predicted molar refractivity (Wildman–Crippen MR) is 96.1 cm³/mol. The number of phenolic OH excluding ortho intramolecular Hbond substituents is 1. The Morgan fingerprint density at radius 2 is 2.07 bits per heavy atom. The van der Waals surface area contributed by atoms with Crippen LogP contribution in [0, 0.1) is 0 Å². The van der Waals surface area contributed by atoms with E-state index in [0.717, 1.165) is 23.6 Å². The summed E-state index contributed by atoms with van der Waals surface area (Å²) in [6.07, 6.45) is 5.61. The van der Waals surface area contributed by atoms with E-state index in [1.54, 1.807) is 24.5 Å². The van der Waals surface area contributed by atoms with E-state index in [-0.39, 0.29) is 17.8 Å². The molecule has 7 nitrogen and oxygen atoms in total. The van der Waals surface area contributed by atoms with Crippen molar-refractivity contribution >= 4 is 10.8 Å². The minimum absolute atomic E-state index is 0.0529. The molecule has 3 aromatic rings. The molecule has 4 heterocycles. The lowest BCUT2D eigenvalue weighted by Gasteiger charge is -2.31. The van der Waals surface area contributed by atoms with E-state index < -0.39 is 12.3 Å². The van der Waals surface area contributed by atoms with Gasteiger partial charge in [-0.15, -0.1) is 5.10 Å². The van der Waals surface area contributed by atoms with Gasteiger partial charge in [0.1, 0.15) is 17.5 Å². The number of nitrogens with one attached hydrogen (secondary N) is 1. The van der Waals surface area contributed by atoms with Crippen LogP contribution in [0.3, 0.4) is 0 Å². The van der Waals surface area contributed by atoms with Crippen molar-refractivity contribution in [1.29, 1.82) is 0 Å². The largest absolute Gasteiger partial charge is 0.507 e. The second-order valence-corrected chi connectivity index (χ2v) is 7.10. The third-order valence-corrected chi connectivity index (χ3v) is 5.36. The highest BCUT2D eigenvalue weighted by Gasteiger charge is 2.43. The molecule has 2 aromatic heterocycles. The molecule has 2 fully saturated rings. The van der Waals surface area contributed by atoms with Crippen molar-refractivity contribution in [1.82, 2.24) is 25.5 Å². The summed E-state index contributed by atoms with van der Waals surface area (Å²) in [4.78, 5) is 8.21. The van der Waals surface area contributed by atoms with Gasteiger partial charge in [0.05, 0.1) is 6.20 Å². The van der Waals surface area contributed by atoms with Crippen molar-refractivity contribution < 1.29 is 14.2 Å². The first-order valence-electron chi connectivity index (χ1n) is 9.01. The topological polar surface area (TPSA) is 93.1 Å². The molecule has 27 heavy (non-hydrogen) atoms. The molecule has 4 atom stereocenters. The van der Waals surface area contributed by atoms with E-state index >= 15 is 0 Å². The smallest absolute Gasteiger partial charge is 0.336 e. The first kappa shape index (κ1) is 16.3.